The lowest BCUT2D eigenvalue weighted by atomic mass is 9.88. The number of rotatable bonds is 19. The number of fused-ring (bicyclic) bond motifs is 1. The highest BCUT2D eigenvalue weighted by atomic mass is 16.3. The van der Waals surface area contributed by atoms with Crippen LogP contribution in [0, 0.1) is 23.7 Å². The van der Waals surface area contributed by atoms with E-state index in [0.29, 0.717) is 17.8 Å². The second-order valence-electron chi connectivity index (χ2n) is 11.5. The van der Waals surface area contributed by atoms with Crippen LogP contribution in [-0.2, 0) is 0 Å². The SMILES string of the molecule is CCCC[C@H](C)C[C@H](O)/C=C/[C@@H]1[C@H]2CC(CCCCCN(CCCC)CCCC)=C[C@H]2C[C@H]1O. The summed E-state index contributed by atoms with van der Waals surface area (Å²) < 4.78 is 0. The van der Waals surface area contributed by atoms with E-state index in [1.54, 1.807) is 5.57 Å². The average Bonchev–Trinajstić information content (AvgIpc) is 3.33. The van der Waals surface area contributed by atoms with Crippen LogP contribution < -0.4 is 0 Å². The second-order valence-corrected chi connectivity index (χ2v) is 11.5. The third-order valence-corrected chi connectivity index (χ3v) is 8.33. The fraction of sp³-hybridized carbons (Fsp3) is 0.871. The van der Waals surface area contributed by atoms with Crippen LogP contribution in [0.1, 0.15) is 118 Å². The average molecular weight is 476 g/mol. The van der Waals surface area contributed by atoms with E-state index in [4.69, 9.17) is 0 Å². The van der Waals surface area contributed by atoms with Crippen LogP contribution in [0.4, 0.5) is 0 Å². The molecule has 0 aromatic heterocycles. The van der Waals surface area contributed by atoms with E-state index in [-0.39, 0.29) is 18.1 Å². The molecule has 198 valence electrons. The molecule has 1 saturated carbocycles. The van der Waals surface area contributed by atoms with E-state index in [9.17, 15) is 10.2 Å². The number of unbranched alkanes of at least 4 members (excludes halogenated alkanes) is 5. The lowest BCUT2D eigenvalue weighted by molar-refractivity contribution is 0.139. The van der Waals surface area contributed by atoms with Gasteiger partial charge >= 0.3 is 0 Å². The third-order valence-electron chi connectivity index (χ3n) is 8.33. The summed E-state index contributed by atoms with van der Waals surface area (Å²) >= 11 is 0. The number of aliphatic hydroxyl groups excluding tert-OH is 2. The maximum absolute atomic E-state index is 10.6. The van der Waals surface area contributed by atoms with E-state index in [2.05, 4.69) is 44.7 Å². The zero-order valence-corrected chi connectivity index (χ0v) is 23.1. The van der Waals surface area contributed by atoms with Gasteiger partial charge in [0.05, 0.1) is 12.2 Å². The van der Waals surface area contributed by atoms with E-state index in [1.165, 1.54) is 90.3 Å². The number of allylic oxidation sites excluding steroid dienone is 2. The molecule has 0 bridgehead atoms. The minimum absolute atomic E-state index is 0.213. The summed E-state index contributed by atoms with van der Waals surface area (Å²) in [5.41, 5.74) is 1.63. The second kappa shape index (κ2) is 16.9. The van der Waals surface area contributed by atoms with Crippen LogP contribution in [0.5, 0.6) is 0 Å². The molecule has 0 spiro atoms. The number of nitrogens with zero attached hydrogens (tertiary/aromatic N) is 1. The lowest BCUT2D eigenvalue weighted by Gasteiger charge is -2.22. The molecule has 6 atom stereocenters. The number of hydrogen-bond acceptors (Lipinski definition) is 3. The quantitative estimate of drug-likeness (QED) is 0.150. The third kappa shape index (κ3) is 10.5. The molecule has 0 aromatic rings. The molecular formula is C31H57NO2. The van der Waals surface area contributed by atoms with Crippen molar-refractivity contribution in [1.29, 1.82) is 0 Å². The van der Waals surface area contributed by atoms with Crippen LogP contribution in [0.3, 0.4) is 0 Å². The first-order valence-corrected chi connectivity index (χ1v) is 14.9. The molecule has 2 N–H and O–H groups in total. The first kappa shape index (κ1) is 29.6. The molecule has 34 heavy (non-hydrogen) atoms. The first-order valence-electron chi connectivity index (χ1n) is 14.9. The maximum Gasteiger partial charge on any atom is 0.0723 e. The summed E-state index contributed by atoms with van der Waals surface area (Å²) in [6.07, 6.45) is 23.0. The molecule has 0 amide bonds. The van der Waals surface area contributed by atoms with Gasteiger partial charge in [-0.1, -0.05) is 90.0 Å². The maximum atomic E-state index is 10.6. The standard InChI is InChI=1S/C31H57NO2/c1-5-8-14-25(4)21-28(33)16-17-29-30-23-26(22-27(30)24-31(29)34)15-12-11-13-20-32(18-9-6-2)19-10-7-3/h16-17,22,25,27-31,33-34H,5-15,18-21,23-24H2,1-4H3/b17-16+/t25-,27-,28+,29+,30-,31+/m0/s1. The van der Waals surface area contributed by atoms with Crippen LogP contribution in [0.15, 0.2) is 23.8 Å². The molecule has 2 aliphatic carbocycles. The predicted molar refractivity (Wildman–Crippen MR) is 147 cm³/mol. The van der Waals surface area contributed by atoms with Crippen molar-refractivity contribution in [2.45, 2.75) is 130 Å². The van der Waals surface area contributed by atoms with Crippen LogP contribution in [0.2, 0.25) is 0 Å². The Balaban J connectivity index is 1.70. The molecule has 2 rings (SSSR count). The highest BCUT2D eigenvalue weighted by Crippen LogP contribution is 2.48. The minimum atomic E-state index is -0.374. The van der Waals surface area contributed by atoms with Gasteiger partial charge in [-0.15, -0.1) is 0 Å². The molecule has 1 fully saturated rings. The van der Waals surface area contributed by atoms with Gasteiger partial charge in [0.15, 0.2) is 0 Å². The minimum Gasteiger partial charge on any atom is -0.392 e. The molecule has 3 heteroatoms. The lowest BCUT2D eigenvalue weighted by Crippen LogP contribution is -2.27. The molecule has 0 unspecified atom stereocenters. The van der Waals surface area contributed by atoms with Gasteiger partial charge in [0.1, 0.15) is 0 Å². The number of hydrogen-bond donors (Lipinski definition) is 2. The molecular weight excluding hydrogens is 418 g/mol. The van der Waals surface area contributed by atoms with Gasteiger partial charge in [-0.3, -0.25) is 0 Å². The van der Waals surface area contributed by atoms with Crippen molar-refractivity contribution >= 4 is 0 Å². The molecule has 0 aliphatic heterocycles. The van der Waals surface area contributed by atoms with Crippen LogP contribution >= 0.6 is 0 Å². The van der Waals surface area contributed by atoms with Crippen molar-refractivity contribution in [2.75, 3.05) is 19.6 Å². The largest absolute Gasteiger partial charge is 0.392 e. The fourth-order valence-corrected chi connectivity index (χ4v) is 6.17. The molecule has 2 aliphatic rings. The fourth-order valence-electron chi connectivity index (χ4n) is 6.17. The van der Waals surface area contributed by atoms with Crippen molar-refractivity contribution in [1.82, 2.24) is 4.90 Å². The van der Waals surface area contributed by atoms with Crippen molar-refractivity contribution in [2.24, 2.45) is 23.7 Å². The van der Waals surface area contributed by atoms with Gasteiger partial charge in [0, 0.05) is 5.92 Å². The summed E-state index contributed by atoms with van der Waals surface area (Å²) in [5, 5.41) is 21.1. The molecule has 0 aromatic carbocycles. The summed E-state index contributed by atoms with van der Waals surface area (Å²) in [4.78, 5) is 2.68. The summed E-state index contributed by atoms with van der Waals surface area (Å²) in [6.45, 7) is 12.9. The topological polar surface area (TPSA) is 43.7 Å². The summed E-state index contributed by atoms with van der Waals surface area (Å²) in [7, 11) is 0. The Hall–Kier alpha value is -0.640. The van der Waals surface area contributed by atoms with Crippen LogP contribution in [0.25, 0.3) is 0 Å². The highest BCUT2D eigenvalue weighted by Gasteiger charge is 2.43. The Bertz CT molecular complexity index is 578. The normalized spacial score (nSPS) is 26.4. The van der Waals surface area contributed by atoms with E-state index >= 15 is 0 Å². The zero-order chi connectivity index (χ0) is 24.8. The zero-order valence-electron chi connectivity index (χ0n) is 23.1. The molecule has 3 nitrogen and oxygen atoms in total. The van der Waals surface area contributed by atoms with E-state index in [1.807, 2.05) is 6.08 Å². The van der Waals surface area contributed by atoms with Crippen molar-refractivity contribution in [3.05, 3.63) is 23.8 Å². The molecule has 0 heterocycles. The predicted octanol–water partition coefficient (Wildman–Crippen LogP) is 7.53. The molecule has 0 radical (unpaired) electrons. The van der Waals surface area contributed by atoms with Gasteiger partial charge in [-0.25, -0.2) is 0 Å². The van der Waals surface area contributed by atoms with E-state index in [0.717, 1.165) is 19.3 Å². The van der Waals surface area contributed by atoms with Gasteiger partial charge in [0.25, 0.3) is 0 Å². The smallest absolute Gasteiger partial charge is 0.0723 e. The van der Waals surface area contributed by atoms with Crippen molar-refractivity contribution in [3.8, 4) is 0 Å². The van der Waals surface area contributed by atoms with E-state index < -0.39 is 0 Å². The van der Waals surface area contributed by atoms with Gasteiger partial charge in [-0.2, -0.15) is 0 Å². The monoisotopic (exact) mass is 475 g/mol. The van der Waals surface area contributed by atoms with Crippen LogP contribution in [-0.4, -0.2) is 47.0 Å². The Morgan fingerprint density at radius 3 is 2.32 bits per heavy atom. The Kier molecular flexibility index (Phi) is 14.7. The highest BCUT2D eigenvalue weighted by molar-refractivity contribution is 5.21. The van der Waals surface area contributed by atoms with Gasteiger partial charge in [-0.05, 0) is 88.8 Å². The number of aliphatic hydroxyl groups is 2. The van der Waals surface area contributed by atoms with Gasteiger partial charge in [0.2, 0.25) is 0 Å². The first-order chi connectivity index (χ1) is 16.5. The van der Waals surface area contributed by atoms with Crippen molar-refractivity contribution < 1.29 is 10.2 Å². The summed E-state index contributed by atoms with van der Waals surface area (Å²) in [6, 6.07) is 0. The Morgan fingerprint density at radius 1 is 0.971 bits per heavy atom. The summed E-state index contributed by atoms with van der Waals surface area (Å²) in [5.74, 6) is 1.86. The van der Waals surface area contributed by atoms with Gasteiger partial charge < -0.3 is 15.1 Å². The Labute approximate surface area is 212 Å². The molecule has 0 saturated heterocycles. The van der Waals surface area contributed by atoms with Crippen molar-refractivity contribution in [3.63, 3.8) is 0 Å². The Morgan fingerprint density at radius 2 is 1.65 bits per heavy atom.